The van der Waals surface area contributed by atoms with Crippen molar-refractivity contribution in [3.63, 3.8) is 0 Å². The molecule has 1 heterocycles. The maximum atomic E-state index is 12.6. The van der Waals surface area contributed by atoms with E-state index in [1.807, 2.05) is 0 Å². The van der Waals surface area contributed by atoms with E-state index >= 15 is 0 Å². The molecular formula is C17H19BF3NO6. The topological polar surface area (TPSA) is 74.3 Å². The van der Waals surface area contributed by atoms with Crippen LogP contribution in [0.2, 0.25) is 0 Å². The van der Waals surface area contributed by atoms with Crippen molar-refractivity contribution < 1.29 is 41.5 Å². The smallest absolute Gasteiger partial charge is 0.494 e. The summed E-state index contributed by atoms with van der Waals surface area (Å²) in [6.45, 7) is 4.94. The molecule has 2 rings (SSSR count). The summed E-state index contributed by atoms with van der Waals surface area (Å²) >= 11 is 0. The van der Waals surface area contributed by atoms with E-state index in [-0.39, 0.29) is 30.4 Å². The quantitative estimate of drug-likeness (QED) is 0.530. The van der Waals surface area contributed by atoms with Gasteiger partial charge in [0.05, 0.1) is 24.7 Å². The van der Waals surface area contributed by atoms with Crippen LogP contribution in [0.15, 0.2) is 30.9 Å². The molecule has 1 aromatic carbocycles. The number of ether oxygens (including phenoxy) is 2. The van der Waals surface area contributed by atoms with Crippen LogP contribution in [0.25, 0.3) is 0 Å². The van der Waals surface area contributed by atoms with Crippen LogP contribution in [0, 0.1) is 0 Å². The number of hydrogen-bond acceptors (Lipinski definition) is 7. The maximum absolute atomic E-state index is 12.6. The summed E-state index contributed by atoms with van der Waals surface area (Å²) in [5.74, 6) is -1.92. The Labute approximate surface area is 160 Å². The second kappa shape index (κ2) is 9.00. The standard InChI is InChI=1S/C17H19BF3NO6/c1-4-5-11(2)25-14-7-6-12(26-17(19,20)21)8-13(14)18-27-15(23)9-22(3)10-16(24)28-18/h4,6-8,11H,1,5,9-10H2,2-3H3. The summed E-state index contributed by atoms with van der Waals surface area (Å²) in [7, 11) is -0.0528. The first-order valence-electron chi connectivity index (χ1n) is 8.32. The average Bonchev–Trinajstić information content (AvgIpc) is 2.52. The van der Waals surface area contributed by atoms with E-state index in [9.17, 15) is 22.8 Å². The van der Waals surface area contributed by atoms with Crippen molar-refractivity contribution in [3.05, 3.63) is 30.9 Å². The highest BCUT2D eigenvalue weighted by Gasteiger charge is 2.38. The second-order valence-corrected chi connectivity index (χ2v) is 6.18. The van der Waals surface area contributed by atoms with Gasteiger partial charge in [0.1, 0.15) is 11.5 Å². The van der Waals surface area contributed by atoms with Crippen molar-refractivity contribution in [2.75, 3.05) is 20.1 Å². The highest BCUT2D eigenvalue weighted by molar-refractivity contribution is 6.65. The van der Waals surface area contributed by atoms with E-state index in [2.05, 4.69) is 11.3 Å². The number of carbonyl (C=O) groups is 2. The summed E-state index contributed by atoms with van der Waals surface area (Å²) in [6.07, 6.45) is -3.24. The molecule has 0 saturated carbocycles. The Hall–Kier alpha value is -2.69. The van der Waals surface area contributed by atoms with Gasteiger partial charge in [-0.1, -0.05) is 6.08 Å². The molecule has 1 aliphatic heterocycles. The molecule has 0 spiro atoms. The van der Waals surface area contributed by atoms with Gasteiger partial charge in [-0.05, 0) is 32.2 Å². The van der Waals surface area contributed by atoms with Crippen molar-refractivity contribution >= 4 is 24.5 Å². The third-order valence-corrected chi connectivity index (χ3v) is 3.57. The summed E-state index contributed by atoms with van der Waals surface area (Å²) < 4.78 is 57.6. The van der Waals surface area contributed by atoms with Gasteiger partial charge in [0.25, 0.3) is 0 Å². The molecule has 1 unspecified atom stereocenters. The summed E-state index contributed by atoms with van der Waals surface area (Å²) in [5.41, 5.74) is -0.0797. The minimum absolute atomic E-state index is 0.0797. The Morgan fingerprint density at radius 1 is 1.29 bits per heavy atom. The van der Waals surface area contributed by atoms with Crippen LogP contribution < -0.4 is 14.9 Å². The molecule has 11 heteroatoms. The first-order chi connectivity index (χ1) is 13.1. The molecule has 1 aromatic rings. The predicted molar refractivity (Wildman–Crippen MR) is 93.1 cm³/mol. The van der Waals surface area contributed by atoms with E-state index in [0.717, 1.165) is 12.1 Å². The van der Waals surface area contributed by atoms with E-state index in [1.165, 1.54) is 18.0 Å². The zero-order valence-corrected chi connectivity index (χ0v) is 15.3. The minimum atomic E-state index is -4.92. The summed E-state index contributed by atoms with van der Waals surface area (Å²) in [4.78, 5) is 25.3. The number of nitrogens with zero attached hydrogens (tertiary/aromatic N) is 1. The van der Waals surface area contributed by atoms with Gasteiger partial charge in [0.15, 0.2) is 0 Å². The second-order valence-electron chi connectivity index (χ2n) is 6.18. The fourth-order valence-corrected chi connectivity index (χ4v) is 2.48. The van der Waals surface area contributed by atoms with Crippen LogP contribution in [0.4, 0.5) is 13.2 Å². The van der Waals surface area contributed by atoms with Gasteiger partial charge >= 0.3 is 25.4 Å². The molecule has 1 atom stereocenters. The number of alkyl halides is 3. The van der Waals surface area contributed by atoms with Crippen molar-refractivity contribution in [2.45, 2.75) is 25.8 Å². The fraction of sp³-hybridized carbons (Fsp3) is 0.412. The Morgan fingerprint density at radius 2 is 1.89 bits per heavy atom. The molecule has 28 heavy (non-hydrogen) atoms. The lowest BCUT2D eigenvalue weighted by Gasteiger charge is -2.24. The molecular weight excluding hydrogens is 382 g/mol. The van der Waals surface area contributed by atoms with Crippen LogP contribution in [0.5, 0.6) is 11.5 Å². The van der Waals surface area contributed by atoms with Gasteiger partial charge in [-0.2, -0.15) is 0 Å². The van der Waals surface area contributed by atoms with Crippen LogP contribution >= 0.6 is 0 Å². The van der Waals surface area contributed by atoms with Crippen LogP contribution in [-0.4, -0.2) is 56.6 Å². The predicted octanol–water partition coefficient (Wildman–Crippen LogP) is 1.66. The fourth-order valence-electron chi connectivity index (χ4n) is 2.48. The molecule has 0 amide bonds. The first kappa shape index (κ1) is 21.6. The van der Waals surface area contributed by atoms with Crippen LogP contribution in [0.3, 0.4) is 0 Å². The largest absolute Gasteiger partial charge is 0.640 e. The Morgan fingerprint density at radius 3 is 2.43 bits per heavy atom. The van der Waals surface area contributed by atoms with E-state index < -0.39 is 31.2 Å². The SMILES string of the molecule is C=CCC(C)Oc1ccc(OC(F)(F)F)cc1B1OC(=O)CN(C)CC(=O)O1. The zero-order valence-electron chi connectivity index (χ0n) is 15.3. The number of carbonyl (C=O) groups excluding carboxylic acids is 2. The molecule has 1 aliphatic rings. The number of likely N-dealkylation sites (N-methyl/N-ethyl adjacent to an activating group) is 1. The number of hydrogen-bond donors (Lipinski definition) is 0. The molecule has 0 radical (unpaired) electrons. The normalized spacial score (nSPS) is 17.1. The Bertz CT molecular complexity index is 722. The van der Waals surface area contributed by atoms with Crippen LogP contribution in [-0.2, 0) is 18.9 Å². The Balaban J connectivity index is 2.40. The summed E-state index contributed by atoms with van der Waals surface area (Å²) in [5, 5.41) is 0. The molecule has 7 nitrogen and oxygen atoms in total. The van der Waals surface area contributed by atoms with Gasteiger partial charge in [0, 0.05) is 6.42 Å². The summed E-state index contributed by atoms with van der Waals surface area (Å²) in [6, 6.07) is 3.23. The molecule has 0 N–H and O–H groups in total. The highest BCUT2D eigenvalue weighted by Crippen LogP contribution is 2.25. The number of benzene rings is 1. The molecule has 152 valence electrons. The lowest BCUT2D eigenvalue weighted by Crippen LogP contribution is -2.48. The van der Waals surface area contributed by atoms with Gasteiger partial charge in [-0.3, -0.25) is 14.5 Å². The molecule has 1 fully saturated rings. The van der Waals surface area contributed by atoms with Gasteiger partial charge in [-0.15, -0.1) is 19.8 Å². The van der Waals surface area contributed by atoms with E-state index in [4.69, 9.17) is 14.0 Å². The van der Waals surface area contributed by atoms with Crippen molar-refractivity contribution in [3.8, 4) is 11.5 Å². The molecule has 0 aromatic heterocycles. The highest BCUT2D eigenvalue weighted by atomic mass is 19.4. The van der Waals surface area contributed by atoms with Gasteiger partial charge in [0.2, 0.25) is 0 Å². The van der Waals surface area contributed by atoms with Gasteiger partial charge in [-0.25, -0.2) is 0 Å². The van der Waals surface area contributed by atoms with E-state index in [0.29, 0.717) is 6.42 Å². The maximum Gasteiger partial charge on any atom is 0.640 e. The number of halogens is 3. The molecule has 0 bridgehead atoms. The van der Waals surface area contributed by atoms with Crippen molar-refractivity contribution in [1.29, 1.82) is 0 Å². The first-order valence-corrected chi connectivity index (χ1v) is 8.32. The zero-order chi connectivity index (χ0) is 20.9. The molecule has 0 aliphatic carbocycles. The lowest BCUT2D eigenvalue weighted by atomic mass is 9.77. The van der Waals surface area contributed by atoms with E-state index in [1.54, 1.807) is 13.0 Å². The average molecular weight is 401 g/mol. The van der Waals surface area contributed by atoms with Crippen LogP contribution in [0.1, 0.15) is 13.3 Å². The third-order valence-electron chi connectivity index (χ3n) is 3.57. The lowest BCUT2D eigenvalue weighted by molar-refractivity contribution is -0.274. The van der Waals surface area contributed by atoms with Crippen molar-refractivity contribution in [2.24, 2.45) is 0 Å². The third kappa shape index (κ3) is 6.48. The van der Waals surface area contributed by atoms with Crippen molar-refractivity contribution in [1.82, 2.24) is 4.90 Å². The number of rotatable bonds is 6. The molecule has 1 saturated heterocycles. The monoisotopic (exact) mass is 401 g/mol. The Kier molecular flexibility index (Phi) is 6.95. The van der Waals surface area contributed by atoms with Gasteiger partial charge < -0.3 is 18.8 Å². The minimum Gasteiger partial charge on any atom is -0.494 e.